The van der Waals surface area contributed by atoms with Gasteiger partial charge in [0.15, 0.2) is 0 Å². The van der Waals surface area contributed by atoms with Crippen LogP contribution in [0.15, 0.2) is 48.5 Å². The summed E-state index contributed by atoms with van der Waals surface area (Å²) in [5.41, 5.74) is 2.71. The average molecular weight is 346 g/mol. The zero-order valence-corrected chi connectivity index (χ0v) is 14.1. The Morgan fingerprint density at radius 2 is 1.79 bits per heavy atom. The summed E-state index contributed by atoms with van der Waals surface area (Å²) < 4.78 is 5.39. The van der Waals surface area contributed by atoms with Crippen LogP contribution in [0.4, 0.5) is 17.1 Å². The Balaban J connectivity index is 1.60. The van der Waals surface area contributed by atoms with E-state index in [1.54, 1.807) is 12.1 Å². The van der Waals surface area contributed by atoms with Gasteiger partial charge in [0.05, 0.1) is 31.1 Å². The molecule has 3 rings (SSSR count). The van der Waals surface area contributed by atoms with Gasteiger partial charge in [0.2, 0.25) is 5.91 Å². The summed E-state index contributed by atoms with van der Waals surface area (Å²) in [4.78, 5) is 14.5. The number of ether oxygens (including phenoxy) is 1. The number of halogens is 1. The minimum absolute atomic E-state index is 0.0920. The molecule has 1 saturated heterocycles. The largest absolute Gasteiger partial charge is 0.378 e. The summed E-state index contributed by atoms with van der Waals surface area (Å²) in [6.45, 7) is 3.27. The molecule has 0 atom stereocenters. The molecule has 2 N–H and O–H groups in total. The van der Waals surface area contributed by atoms with Crippen LogP contribution in [0, 0.1) is 0 Å². The normalized spacial score (nSPS) is 14.3. The molecule has 0 unspecified atom stereocenters. The molecule has 24 heavy (non-hydrogen) atoms. The molecule has 0 aromatic heterocycles. The first-order chi connectivity index (χ1) is 11.7. The number of nitrogens with zero attached hydrogens (tertiary/aromatic N) is 1. The molecular formula is C18H20ClN3O2. The Hall–Kier alpha value is -2.24. The van der Waals surface area contributed by atoms with Crippen LogP contribution in [0.2, 0.25) is 5.02 Å². The van der Waals surface area contributed by atoms with Crippen LogP contribution in [0.5, 0.6) is 0 Å². The Morgan fingerprint density at radius 3 is 2.54 bits per heavy atom. The van der Waals surface area contributed by atoms with Crippen molar-refractivity contribution in [1.29, 1.82) is 0 Å². The van der Waals surface area contributed by atoms with E-state index in [-0.39, 0.29) is 12.5 Å². The molecule has 126 valence electrons. The fourth-order valence-electron chi connectivity index (χ4n) is 2.60. The van der Waals surface area contributed by atoms with Gasteiger partial charge >= 0.3 is 0 Å². The van der Waals surface area contributed by atoms with Crippen LogP contribution >= 0.6 is 11.6 Å². The summed E-state index contributed by atoms with van der Waals surface area (Å²) in [6, 6.07) is 15.1. The van der Waals surface area contributed by atoms with E-state index >= 15 is 0 Å². The van der Waals surface area contributed by atoms with E-state index in [0.717, 1.165) is 30.2 Å². The Bertz CT molecular complexity index is 685. The van der Waals surface area contributed by atoms with Crippen molar-refractivity contribution in [3.63, 3.8) is 0 Å². The molecule has 2 aromatic carbocycles. The number of anilines is 3. The number of morpholine rings is 1. The van der Waals surface area contributed by atoms with Crippen molar-refractivity contribution in [2.45, 2.75) is 0 Å². The molecule has 0 radical (unpaired) electrons. The van der Waals surface area contributed by atoms with E-state index in [2.05, 4.69) is 15.5 Å². The number of amides is 1. The zero-order valence-electron chi connectivity index (χ0n) is 13.3. The number of para-hydroxylation sites is 2. The molecule has 1 aliphatic heterocycles. The molecule has 1 aliphatic rings. The number of carbonyl (C=O) groups excluding carboxylic acids is 1. The molecule has 0 saturated carbocycles. The van der Waals surface area contributed by atoms with Crippen LogP contribution < -0.4 is 15.5 Å². The van der Waals surface area contributed by atoms with E-state index in [4.69, 9.17) is 16.3 Å². The maximum Gasteiger partial charge on any atom is 0.243 e. The number of nitrogens with one attached hydrogen (secondary N) is 2. The third-order valence-electron chi connectivity index (χ3n) is 3.83. The van der Waals surface area contributed by atoms with Gasteiger partial charge in [-0.3, -0.25) is 4.79 Å². The highest BCUT2D eigenvalue weighted by atomic mass is 35.5. The van der Waals surface area contributed by atoms with E-state index in [0.29, 0.717) is 18.2 Å². The van der Waals surface area contributed by atoms with Crippen molar-refractivity contribution in [3.05, 3.63) is 53.6 Å². The lowest BCUT2D eigenvalue weighted by atomic mass is 10.2. The molecule has 0 bridgehead atoms. The monoisotopic (exact) mass is 345 g/mol. The quantitative estimate of drug-likeness (QED) is 0.873. The maximum atomic E-state index is 12.2. The maximum absolute atomic E-state index is 12.2. The van der Waals surface area contributed by atoms with Crippen LogP contribution in [-0.2, 0) is 9.53 Å². The molecule has 0 aliphatic carbocycles. The highest BCUT2D eigenvalue weighted by Gasteiger charge is 2.15. The second kappa shape index (κ2) is 8.04. The minimum Gasteiger partial charge on any atom is -0.378 e. The van der Waals surface area contributed by atoms with Crippen molar-refractivity contribution < 1.29 is 9.53 Å². The Labute approximate surface area is 146 Å². The number of benzene rings is 2. The average Bonchev–Trinajstić information content (AvgIpc) is 2.62. The predicted molar refractivity (Wildman–Crippen MR) is 98.0 cm³/mol. The minimum atomic E-state index is -0.0920. The van der Waals surface area contributed by atoms with Crippen molar-refractivity contribution in [3.8, 4) is 0 Å². The molecule has 1 fully saturated rings. The van der Waals surface area contributed by atoms with Crippen LogP contribution in [-0.4, -0.2) is 38.8 Å². The summed E-state index contributed by atoms with van der Waals surface area (Å²) in [7, 11) is 0. The van der Waals surface area contributed by atoms with Gasteiger partial charge in [-0.2, -0.15) is 0 Å². The third-order valence-corrected chi connectivity index (χ3v) is 4.08. The van der Waals surface area contributed by atoms with Gasteiger partial charge in [0, 0.05) is 23.8 Å². The van der Waals surface area contributed by atoms with E-state index in [1.165, 1.54) is 0 Å². The standard InChI is InChI=1S/C18H20ClN3O2/c19-14-5-7-15(8-6-14)20-13-18(23)21-16-3-1-2-4-17(16)22-9-11-24-12-10-22/h1-8,20H,9-13H2,(H,21,23). The van der Waals surface area contributed by atoms with Crippen molar-refractivity contribution in [1.82, 2.24) is 0 Å². The second-order valence-electron chi connectivity index (χ2n) is 5.53. The van der Waals surface area contributed by atoms with Gasteiger partial charge in [0.25, 0.3) is 0 Å². The van der Waals surface area contributed by atoms with Crippen LogP contribution in [0.1, 0.15) is 0 Å². The van der Waals surface area contributed by atoms with Gasteiger partial charge in [-0.15, -0.1) is 0 Å². The summed E-state index contributed by atoms with van der Waals surface area (Å²) >= 11 is 5.85. The van der Waals surface area contributed by atoms with Gasteiger partial charge in [-0.05, 0) is 36.4 Å². The summed E-state index contributed by atoms with van der Waals surface area (Å²) in [5, 5.41) is 6.74. The fourth-order valence-corrected chi connectivity index (χ4v) is 2.73. The lowest BCUT2D eigenvalue weighted by Gasteiger charge is -2.30. The number of rotatable bonds is 5. The third kappa shape index (κ3) is 4.40. The highest BCUT2D eigenvalue weighted by Crippen LogP contribution is 2.26. The van der Waals surface area contributed by atoms with Crippen molar-refractivity contribution in [2.24, 2.45) is 0 Å². The first-order valence-electron chi connectivity index (χ1n) is 7.93. The summed E-state index contributed by atoms with van der Waals surface area (Å²) in [5.74, 6) is -0.0920. The molecule has 1 heterocycles. The first-order valence-corrected chi connectivity index (χ1v) is 8.31. The fraction of sp³-hybridized carbons (Fsp3) is 0.278. The number of carbonyl (C=O) groups is 1. The first kappa shape index (κ1) is 16.6. The molecule has 0 spiro atoms. The highest BCUT2D eigenvalue weighted by molar-refractivity contribution is 6.30. The van der Waals surface area contributed by atoms with E-state index in [9.17, 15) is 4.79 Å². The lowest BCUT2D eigenvalue weighted by molar-refractivity contribution is -0.114. The molecular weight excluding hydrogens is 326 g/mol. The number of hydrogen-bond acceptors (Lipinski definition) is 4. The van der Waals surface area contributed by atoms with Gasteiger partial charge < -0.3 is 20.3 Å². The van der Waals surface area contributed by atoms with Gasteiger partial charge in [-0.25, -0.2) is 0 Å². The molecule has 1 amide bonds. The van der Waals surface area contributed by atoms with E-state index in [1.807, 2.05) is 36.4 Å². The Kier molecular flexibility index (Phi) is 5.56. The van der Waals surface area contributed by atoms with Crippen LogP contribution in [0.3, 0.4) is 0 Å². The SMILES string of the molecule is O=C(CNc1ccc(Cl)cc1)Nc1ccccc1N1CCOCC1. The Morgan fingerprint density at radius 1 is 1.08 bits per heavy atom. The number of hydrogen-bond donors (Lipinski definition) is 2. The smallest absolute Gasteiger partial charge is 0.243 e. The van der Waals surface area contributed by atoms with Gasteiger partial charge in [0.1, 0.15) is 0 Å². The van der Waals surface area contributed by atoms with Crippen molar-refractivity contribution in [2.75, 3.05) is 48.4 Å². The van der Waals surface area contributed by atoms with Gasteiger partial charge in [-0.1, -0.05) is 23.7 Å². The molecule has 6 heteroatoms. The molecule has 5 nitrogen and oxygen atoms in total. The topological polar surface area (TPSA) is 53.6 Å². The van der Waals surface area contributed by atoms with E-state index < -0.39 is 0 Å². The van der Waals surface area contributed by atoms with Crippen molar-refractivity contribution >= 4 is 34.6 Å². The second-order valence-corrected chi connectivity index (χ2v) is 5.96. The predicted octanol–water partition coefficient (Wildman–Crippen LogP) is 3.23. The molecule has 2 aromatic rings. The lowest BCUT2D eigenvalue weighted by Crippen LogP contribution is -2.37. The zero-order chi connectivity index (χ0) is 16.8. The van der Waals surface area contributed by atoms with Crippen LogP contribution in [0.25, 0.3) is 0 Å². The summed E-state index contributed by atoms with van der Waals surface area (Å²) in [6.07, 6.45) is 0.